The summed E-state index contributed by atoms with van der Waals surface area (Å²) in [5.74, 6) is -0.303. The van der Waals surface area contributed by atoms with Gasteiger partial charge in [0.05, 0.1) is 6.54 Å². The molecule has 1 rings (SSSR count). The Labute approximate surface area is 113 Å². The van der Waals surface area contributed by atoms with E-state index in [1.54, 1.807) is 0 Å². The van der Waals surface area contributed by atoms with E-state index in [0.29, 0.717) is 19.4 Å². The minimum atomic E-state index is -0.285. The average molecular weight is 269 g/mol. The summed E-state index contributed by atoms with van der Waals surface area (Å²) in [4.78, 5) is 33.8. The van der Waals surface area contributed by atoms with E-state index in [-0.39, 0.29) is 30.2 Å². The number of rotatable bonds is 2. The minimum absolute atomic E-state index is 0.0452. The number of hydrogen-bond acceptors (Lipinski definition) is 3. The molecule has 0 radical (unpaired) electrons. The molecular formula is C13H23N3O3. The Morgan fingerprint density at radius 1 is 1.11 bits per heavy atom. The van der Waals surface area contributed by atoms with Crippen LogP contribution in [0.15, 0.2) is 0 Å². The Morgan fingerprint density at radius 2 is 1.84 bits per heavy atom. The Bertz CT molecular complexity index is 331. The molecule has 1 unspecified atom stereocenters. The molecule has 4 N–H and O–H groups in total. The summed E-state index contributed by atoms with van der Waals surface area (Å²) < 4.78 is 0. The van der Waals surface area contributed by atoms with Crippen molar-refractivity contribution in [1.82, 2.24) is 10.6 Å². The van der Waals surface area contributed by atoms with Crippen molar-refractivity contribution in [1.29, 1.82) is 0 Å². The Hall–Kier alpha value is -1.59. The van der Waals surface area contributed by atoms with Crippen molar-refractivity contribution in [2.45, 2.75) is 44.9 Å². The third kappa shape index (κ3) is 7.43. The largest absolute Gasteiger partial charge is 0.370 e. The van der Waals surface area contributed by atoms with Crippen LogP contribution >= 0.6 is 0 Å². The smallest absolute Gasteiger partial charge is 0.239 e. The first kappa shape index (κ1) is 15.5. The predicted molar refractivity (Wildman–Crippen MR) is 71.0 cm³/mol. The van der Waals surface area contributed by atoms with Crippen LogP contribution in [0.25, 0.3) is 0 Å². The SMILES string of the molecule is NC(=O)CC1CCCCNC(=O)CNC(=O)CCC1. The number of nitrogens with two attached hydrogens (primary N) is 1. The first-order valence-electron chi connectivity index (χ1n) is 6.89. The van der Waals surface area contributed by atoms with Crippen LogP contribution in [0.4, 0.5) is 0 Å². The van der Waals surface area contributed by atoms with E-state index in [4.69, 9.17) is 5.73 Å². The van der Waals surface area contributed by atoms with E-state index in [1.165, 1.54) is 0 Å². The molecule has 6 nitrogen and oxygen atoms in total. The number of nitrogens with one attached hydrogen (secondary N) is 2. The van der Waals surface area contributed by atoms with Crippen LogP contribution < -0.4 is 16.4 Å². The molecule has 1 heterocycles. The van der Waals surface area contributed by atoms with Crippen LogP contribution in [0, 0.1) is 5.92 Å². The zero-order valence-electron chi connectivity index (χ0n) is 11.2. The highest BCUT2D eigenvalue weighted by molar-refractivity contribution is 5.84. The zero-order chi connectivity index (χ0) is 14.1. The lowest BCUT2D eigenvalue weighted by Gasteiger charge is -2.14. The molecule has 6 heteroatoms. The van der Waals surface area contributed by atoms with Crippen molar-refractivity contribution in [2.75, 3.05) is 13.1 Å². The number of primary amides is 1. The summed E-state index contributed by atoms with van der Waals surface area (Å²) in [6.07, 6.45) is 5.09. The van der Waals surface area contributed by atoms with E-state index >= 15 is 0 Å². The molecule has 0 aromatic rings. The van der Waals surface area contributed by atoms with Crippen LogP contribution in [0.1, 0.15) is 44.9 Å². The summed E-state index contributed by atoms with van der Waals surface area (Å²) in [5.41, 5.74) is 5.23. The molecule has 1 saturated heterocycles. The van der Waals surface area contributed by atoms with Gasteiger partial charge in [-0.1, -0.05) is 6.42 Å². The molecule has 0 bridgehead atoms. The molecule has 1 aliphatic heterocycles. The first-order chi connectivity index (χ1) is 9.08. The Morgan fingerprint density at radius 3 is 2.58 bits per heavy atom. The van der Waals surface area contributed by atoms with Crippen molar-refractivity contribution in [3.05, 3.63) is 0 Å². The molecule has 1 fully saturated rings. The van der Waals surface area contributed by atoms with Gasteiger partial charge < -0.3 is 16.4 Å². The third-order valence-electron chi connectivity index (χ3n) is 3.31. The first-order valence-corrected chi connectivity index (χ1v) is 6.89. The molecule has 0 aliphatic carbocycles. The van der Waals surface area contributed by atoms with Crippen LogP contribution in [0.3, 0.4) is 0 Å². The van der Waals surface area contributed by atoms with E-state index in [1.807, 2.05) is 0 Å². The lowest BCUT2D eigenvalue weighted by Crippen LogP contribution is -2.37. The normalized spacial score (nSPS) is 23.3. The van der Waals surface area contributed by atoms with Crippen LogP contribution in [-0.2, 0) is 14.4 Å². The molecule has 0 saturated carbocycles. The fraction of sp³-hybridized carbons (Fsp3) is 0.769. The number of carbonyl (C=O) groups excluding carboxylic acids is 3. The second-order valence-electron chi connectivity index (χ2n) is 5.05. The molecule has 1 aliphatic rings. The molecule has 19 heavy (non-hydrogen) atoms. The monoisotopic (exact) mass is 269 g/mol. The zero-order valence-corrected chi connectivity index (χ0v) is 11.2. The van der Waals surface area contributed by atoms with Gasteiger partial charge >= 0.3 is 0 Å². The van der Waals surface area contributed by atoms with Gasteiger partial charge in [-0.3, -0.25) is 14.4 Å². The van der Waals surface area contributed by atoms with Gasteiger partial charge in [0, 0.05) is 19.4 Å². The number of amides is 3. The Kier molecular flexibility index (Phi) is 6.92. The maximum atomic E-state index is 11.5. The van der Waals surface area contributed by atoms with Gasteiger partial charge in [0.15, 0.2) is 0 Å². The summed E-state index contributed by atoms with van der Waals surface area (Å²) in [5, 5.41) is 5.34. The molecule has 1 atom stereocenters. The third-order valence-corrected chi connectivity index (χ3v) is 3.31. The molecule has 108 valence electrons. The van der Waals surface area contributed by atoms with E-state index < -0.39 is 0 Å². The van der Waals surface area contributed by atoms with Crippen LogP contribution in [0.2, 0.25) is 0 Å². The summed E-state index contributed by atoms with van der Waals surface area (Å²) in [6.45, 7) is 0.654. The van der Waals surface area contributed by atoms with Crippen molar-refractivity contribution in [3.63, 3.8) is 0 Å². The highest BCUT2D eigenvalue weighted by Gasteiger charge is 2.14. The fourth-order valence-electron chi connectivity index (χ4n) is 2.30. The fourth-order valence-corrected chi connectivity index (χ4v) is 2.30. The standard InChI is InChI=1S/C13H23N3O3/c14-11(17)8-10-4-1-2-7-15-13(19)9-16-12(18)6-3-5-10/h10H,1-9H2,(H2,14,17)(H,15,19)(H,16,18). The second-order valence-corrected chi connectivity index (χ2v) is 5.05. The topological polar surface area (TPSA) is 101 Å². The van der Waals surface area contributed by atoms with Gasteiger partial charge in [-0.05, 0) is 31.6 Å². The highest BCUT2D eigenvalue weighted by Crippen LogP contribution is 2.19. The van der Waals surface area contributed by atoms with Crippen molar-refractivity contribution in [2.24, 2.45) is 11.7 Å². The maximum Gasteiger partial charge on any atom is 0.239 e. The molecule has 3 amide bonds. The van der Waals surface area contributed by atoms with Gasteiger partial charge in [-0.2, -0.15) is 0 Å². The van der Waals surface area contributed by atoms with Crippen LogP contribution in [-0.4, -0.2) is 30.8 Å². The highest BCUT2D eigenvalue weighted by atomic mass is 16.2. The molecule has 0 spiro atoms. The number of hydrogen-bond donors (Lipinski definition) is 3. The lowest BCUT2D eigenvalue weighted by atomic mass is 9.92. The predicted octanol–water partition coefficient (Wildman–Crippen LogP) is 0.0646. The summed E-state index contributed by atoms with van der Waals surface area (Å²) in [6, 6.07) is 0. The van der Waals surface area contributed by atoms with Crippen molar-refractivity contribution in [3.8, 4) is 0 Å². The van der Waals surface area contributed by atoms with Gasteiger partial charge in [0.2, 0.25) is 17.7 Å². The van der Waals surface area contributed by atoms with Gasteiger partial charge in [-0.15, -0.1) is 0 Å². The summed E-state index contributed by atoms with van der Waals surface area (Å²) in [7, 11) is 0. The maximum absolute atomic E-state index is 11.5. The number of carbonyl (C=O) groups is 3. The quantitative estimate of drug-likeness (QED) is 0.661. The van der Waals surface area contributed by atoms with E-state index in [0.717, 1.165) is 32.1 Å². The minimum Gasteiger partial charge on any atom is -0.370 e. The second kappa shape index (κ2) is 8.50. The summed E-state index contributed by atoms with van der Waals surface area (Å²) >= 11 is 0. The molecule has 0 aromatic carbocycles. The van der Waals surface area contributed by atoms with Gasteiger partial charge in [0.25, 0.3) is 0 Å². The van der Waals surface area contributed by atoms with Gasteiger partial charge in [-0.25, -0.2) is 0 Å². The lowest BCUT2D eigenvalue weighted by molar-refractivity contribution is -0.126. The Balaban J connectivity index is 2.46. The van der Waals surface area contributed by atoms with E-state index in [2.05, 4.69) is 10.6 Å². The van der Waals surface area contributed by atoms with Crippen LogP contribution in [0.5, 0.6) is 0 Å². The molecule has 0 aromatic heterocycles. The van der Waals surface area contributed by atoms with Crippen molar-refractivity contribution >= 4 is 17.7 Å². The van der Waals surface area contributed by atoms with E-state index in [9.17, 15) is 14.4 Å². The average Bonchev–Trinajstić information content (AvgIpc) is 2.35. The van der Waals surface area contributed by atoms with Gasteiger partial charge in [0.1, 0.15) is 0 Å². The van der Waals surface area contributed by atoms with Crippen molar-refractivity contribution < 1.29 is 14.4 Å². The molecular weight excluding hydrogens is 246 g/mol.